The molecule has 0 rings (SSSR count). The highest BCUT2D eigenvalue weighted by Gasteiger charge is 2.12. The molecule has 0 radical (unpaired) electrons. The molecular formula is C22H34O10. The summed E-state index contributed by atoms with van der Waals surface area (Å²) in [6, 6.07) is 0. The summed E-state index contributed by atoms with van der Waals surface area (Å²) >= 11 is 0. The van der Waals surface area contributed by atoms with Crippen molar-refractivity contribution >= 4 is 35.8 Å². The number of carbonyl (C=O) groups excluding carboxylic acids is 4. The standard InChI is InChI=1S/C22H34O10/c23-17(24)11-5-3-9-15-21(29)31-19(27)13-7-1-2-8-14-20(28)32-22(30)16-10-4-6-12-18(25)26/h1-16H2,(H,23,24)(H,25,26). The molecule has 182 valence electrons. The lowest BCUT2D eigenvalue weighted by atomic mass is 10.1. The number of esters is 4. The minimum atomic E-state index is -0.880. The average molecular weight is 459 g/mol. The van der Waals surface area contributed by atoms with Crippen molar-refractivity contribution < 1.29 is 48.5 Å². The topological polar surface area (TPSA) is 161 Å². The number of unbranched alkanes of at least 4 members (excludes halogenated alkanes) is 7. The van der Waals surface area contributed by atoms with Crippen LogP contribution in [0.25, 0.3) is 0 Å². The van der Waals surface area contributed by atoms with Crippen molar-refractivity contribution in [2.45, 2.75) is 103 Å². The van der Waals surface area contributed by atoms with Crippen LogP contribution in [0.4, 0.5) is 0 Å². The lowest BCUT2D eigenvalue weighted by Crippen LogP contribution is -2.12. The average Bonchev–Trinajstić information content (AvgIpc) is 2.69. The lowest BCUT2D eigenvalue weighted by Gasteiger charge is -2.04. The quantitative estimate of drug-likeness (QED) is 0.166. The Kier molecular flexibility index (Phi) is 17.3. The van der Waals surface area contributed by atoms with E-state index in [4.69, 9.17) is 19.7 Å². The Bertz CT molecular complexity index is 572. The first kappa shape index (κ1) is 29.2. The zero-order valence-corrected chi connectivity index (χ0v) is 18.5. The predicted molar refractivity (Wildman–Crippen MR) is 111 cm³/mol. The van der Waals surface area contributed by atoms with Crippen molar-refractivity contribution in [3.63, 3.8) is 0 Å². The predicted octanol–water partition coefficient (Wildman–Crippen LogP) is 3.54. The van der Waals surface area contributed by atoms with E-state index in [9.17, 15) is 28.8 Å². The first-order valence-electron chi connectivity index (χ1n) is 11.1. The van der Waals surface area contributed by atoms with Crippen LogP contribution in [0.2, 0.25) is 0 Å². The molecule has 0 aromatic heterocycles. The van der Waals surface area contributed by atoms with Gasteiger partial charge in [-0.3, -0.25) is 28.8 Å². The van der Waals surface area contributed by atoms with Gasteiger partial charge in [0.05, 0.1) is 0 Å². The van der Waals surface area contributed by atoms with Gasteiger partial charge in [-0.25, -0.2) is 0 Å². The zero-order valence-electron chi connectivity index (χ0n) is 18.5. The largest absolute Gasteiger partial charge is 0.481 e. The molecule has 0 aliphatic carbocycles. The van der Waals surface area contributed by atoms with E-state index in [0.717, 1.165) is 0 Å². The molecule has 0 saturated heterocycles. The molecule has 0 fully saturated rings. The molecule has 0 bridgehead atoms. The Morgan fingerprint density at radius 2 is 0.594 bits per heavy atom. The summed E-state index contributed by atoms with van der Waals surface area (Å²) in [6.07, 6.45) is 5.85. The molecule has 0 atom stereocenters. The number of aliphatic carboxylic acids is 2. The van der Waals surface area contributed by atoms with E-state index < -0.39 is 35.8 Å². The minimum absolute atomic E-state index is 0.0538. The Hall–Kier alpha value is -2.78. The van der Waals surface area contributed by atoms with E-state index in [2.05, 4.69) is 0 Å². The smallest absolute Gasteiger partial charge is 0.313 e. The monoisotopic (exact) mass is 458 g/mol. The molecular weight excluding hydrogens is 424 g/mol. The molecule has 2 N–H and O–H groups in total. The maximum absolute atomic E-state index is 11.6. The number of carboxylic acids is 2. The van der Waals surface area contributed by atoms with Gasteiger partial charge in [-0.15, -0.1) is 0 Å². The molecule has 10 nitrogen and oxygen atoms in total. The fraction of sp³-hybridized carbons (Fsp3) is 0.727. The maximum atomic E-state index is 11.6. The molecule has 0 heterocycles. The van der Waals surface area contributed by atoms with Crippen LogP contribution >= 0.6 is 0 Å². The molecule has 0 aromatic rings. The third-order valence-corrected chi connectivity index (χ3v) is 4.51. The summed E-state index contributed by atoms with van der Waals surface area (Å²) in [5, 5.41) is 17.0. The molecule has 32 heavy (non-hydrogen) atoms. The van der Waals surface area contributed by atoms with Gasteiger partial charge in [0.2, 0.25) is 0 Å². The SMILES string of the molecule is O=C(O)CCCCCC(=O)OC(=O)CCCCCCC(=O)OC(=O)CCCCCC(=O)O. The van der Waals surface area contributed by atoms with Crippen LogP contribution in [-0.2, 0) is 38.2 Å². The number of ether oxygens (including phenoxy) is 2. The van der Waals surface area contributed by atoms with Crippen molar-refractivity contribution in [2.24, 2.45) is 0 Å². The van der Waals surface area contributed by atoms with Gasteiger partial charge in [0.25, 0.3) is 0 Å². The fourth-order valence-electron chi connectivity index (χ4n) is 2.79. The van der Waals surface area contributed by atoms with E-state index in [1.807, 2.05) is 0 Å². The summed E-state index contributed by atoms with van der Waals surface area (Å²) in [4.78, 5) is 66.9. The molecule has 0 aliphatic heterocycles. The van der Waals surface area contributed by atoms with E-state index in [0.29, 0.717) is 64.2 Å². The highest BCUT2D eigenvalue weighted by atomic mass is 16.6. The highest BCUT2D eigenvalue weighted by Crippen LogP contribution is 2.10. The molecule has 0 aromatic carbocycles. The van der Waals surface area contributed by atoms with Crippen molar-refractivity contribution in [2.75, 3.05) is 0 Å². The van der Waals surface area contributed by atoms with E-state index in [-0.39, 0.29) is 38.5 Å². The third-order valence-electron chi connectivity index (χ3n) is 4.51. The summed E-state index contributed by atoms with van der Waals surface area (Å²) in [6.45, 7) is 0. The van der Waals surface area contributed by atoms with Crippen molar-refractivity contribution in [1.82, 2.24) is 0 Å². The van der Waals surface area contributed by atoms with E-state index in [1.54, 1.807) is 0 Å². The van der Waals surface area contributed by atoms with Gasteiger partial charge in [-0.05, 0) is 38.5 Å². The molecule has 0 saturated carbocycles. The van der Waals surface area contributed by atoms with Gasteiger partial charge in [-0.1, -0.05) is 25.7 Å². The molecule has 0 spiro atoms. The fourth-order valence-corrected chi connectivity index (χ4v) is 2.79. The first-order valence-corrected chi connectivity index (χ1v) is 11.1. The number of rotatable bonds is 19. The first-order chi connectivity index (χ1) is 15.2. The minimum Gasteiger partial charge on any atom is -0.481 e. The molecule has 0 amide bonds. The second-order valence-electron chi connectivity index (χ2n) is 7.52. The van der Waals surface area contributed by atoms with Crippen LogP contribution < -0.4 is 0 Å². The van der Waals surface area contributed by atoms with Gasteiger partial charge in [0, 0.05) is 38.5 Å². The van der Waals surface area contributed by atoms with Gasteiger partial charge in [0.15, 0.2) is 0 Å². The summed E-state index contributed by atoms with van der Waals surface area (Å²) in [5.74, 6) is -4.19. The van der Waals surface area contributed by atoms with Crippen molar-refractivity contribution in [3.8, 4) is 0 Å². The lowest BCUT2D eigenvalue weighted by molar-refractivity contribution is -0.161. The Balaban J connectivity index is 3.60. The molecule has 0 aliphatic rings. The van der Waals surface area contributed by atoms with Crippen LogP contribution in [0.3, 0.4) is 0 Å². The Morgan fingerprint density at radius 3 is 0.844 bits per heavy atom. The second kappa shape index (κ2) is 18.9. The van der Waals surface area contributed by atoms with E-state index >= 15 is 0 Å². The van der Waals surface area contributed by atoms with E-state index in [1.165, 1.54) is 0 Å². The molecule has 0 unspecified atom stereocenters. The van der Waals surface area contributed by atoms with Crippen molar-refractivity contribution in [1.29, 1.82) is 0 Å². The number of carbonyl (C=O) groups is 6. The summed E-state index contributed by atoms with van der Waals surface area (Å²) in [5.41, 5.74) is 0. The van der Waals surface area contributed by atoms with Crippen LogP contribution in [0.15, 0.2) is 0 Å². The van der Waals surface area contributed by atoms with Crippen LogP contribution in [0.5, 0.6) is 0 Å². The van der Waals surface area contributed by atoms with Crippen LogP contribution in [0.1, 0.15) is 103 Å². The zero-order chi connectivity index (χ0) is 24.2. The number of carboxylic acid groups (broad SMARTS) is 2. The van der Waals surface area contributed by atoms with Crippen LogP contribution in [-0.4, -0.2) is 46.0 Å². The number of hydrogen-bond acceptors (Lipinski definition) is 8. The third kappa shape index (κ3) is 20.5. The van der Waals surface area contributed by atoms with Gasteiger partial charge in [-0.2, -0.15) is 0 Å². The van der Waals surface area contributed by atoms with Crippen LogP contribution in [0, 0.1) is 0 Å². The molecule has 10 heteroatoms. The van der Waals surface area contributed by atoms with Crippen molar-refractivity contribution in [3.05, 3.63) is 0 Å². The summed E-state index contributed by atoms with van der Waals surface area (Å²) < 4.78 is 9.38. The maximum Gasteiger partial charge on any atom is 0.313 e. The van der Waals surface area contributed by atoms with Gasteiger partial charge >= 0.3 is 35.8 Å². The second-order valence-corrected chi connectivity index (χ2v) is 7.52. The van der Waals surface area contributed by atoms with Gasteiger partial charge in [0.1, 0.15) is 0 Å². The normalized spacial score (nSPS) is 10.4. The Labute approximate surface area is 187 Å². The number of hydrogen-bond donors (Lipinski definition) is 2. The summed E-state index contributed by atoms with van der Waals surface area (Å²) in [7, 11) is 0. The highest BCUT2D eigenvalue weighted by molar-refractivity contribution is 5.85. The Morgan fingerprint density at radius 1 is 0.375 bits per heavy atom. The van der Waals surface area contributed by atoms with Gasteiger partial charge < -0.3 is 19.7 Å².